The molecule has 0 aliphatic carbocycles. The number of hydrogen-bond acceptors (Lipinski definition) is 6. The number of carbonyl (C=O) groups is 2. The minimum absolute atomic E-state index is 0.0777. The van der Waals surface area contributed by atoms with Crippen LogP contribution in [0.5, 0.6) is 5.75 Å². The van der Waals surface area contributed by atoms with Crippen molar-refractivity contribution < 1.29 is 24.2 Å². The number of carboxylic acid groups (broad SMARTS) is 1. The number of carboxylic acids is 1. The standard InChI is InChI=1S/C23H28N2O5S/c1-13-12-24-20(31-13)14-7-15(21(26)27)9-18(8-14)29-19-10-16-5-6-17(11-19)25(16)22(28)30-23(2,3)4/h7-9,12,16-17,19H,5-6,10-11H2,1-4H3,(H,26,27)/t16-,17+,19?. The van der Waals surface area contributed by atoms with Gasteiger partial charge in [0.05, 0.1) is 5.56 Å². The van der Waals surface area contributed by atoms with Crippen LogP contribution in [0.25, 0.3) is 10.6 Å². The minimum Gasteiger partial charge on any atom is -0.490 e. The molecule has 1 aromatic heterocycles. The molecule has 0 spiro atoms. The first-order valence-corrected chi connectivity index (χ1v) is 11.4. The van der Waals surface area contributed by atoms with Gasteiger partial charge in [-0.15, -0.1) is 11.3 Å². The van der Waals surface area contributed by atoms with Crippen LogP contribution in [-0.2, 0) is 4.74 Å². The number of thiazole rings is 1. The molecule has 1 unspecified atom stereocenters. The molecule has 3 heterocycles. The van der Waals surface area contributed by atoms with Crippen LogP contribution in [-0.4, -0.2) is 50.8 Å². The van der Waals surface area contributed by atoms with Crippen molar-refractivity contribution in [2.75, 3.05) is 0 Å². The highest BCUT2D eigenvalue weighted by molar-refractivity contribution is 7.14. The van der Waals surface area contributed by atoms with E-state index in [1.54, 1.807) is 18.3 Å². The van der Waals surface area contributed by atoms with E-state index in [0.29, 0.717) is 18.6 Å². The van der Waals surface area contributed by atoms with E-state index < -0.39 is 11.6 Å². The maximum absolute atomic E-state index is 12.7. The lowest BCUT2D eigenvalue weighted by molar-refractivity contribution is -0.00711. The van der Waals surface area contributed by atoms with Crippen molar-refractivity contribution in [1.82, 2.24) is 9.88 Å². The number of aromatic nitrogens is 1. The number of piperidine rings is 1. The summed E-state index contributed by atoms with van der Waals surface area (Å²) in [5, 5.41) is 10.3. The molecule has 31 heavy (non-hydrogen) atoms. The Morgan fingerprint density at radius 2 is 1.84 bits per heavy atom. The van der Waals surface area contributed by atoms with E-state index in [1.807, 2.05) is 38.7 Å². The number of ether oxygens (including phenoxy) is 2. The topological polar surface area (TPSA) is 89.0 Å². The van der Waals surface area contributed by atoms with E-state index in [9.17, 15) is 14.7 Å². The SMILES string of the molecule is Cc1cnc(-c2cc(OC3C[C@H]4CC[C@@H](C3)N4C(=O)OC(C)(C)C)cc(C(=O)O)c2)s1. The van der Waals surface area contributed by atoms with Gasteiger partial charge in [-0.2, -0.15) is 0 Å². The van der Waals surface area contributed by atoms with Crippen molar-refractivity contribution in [3.8, 4) is 16.3 Å². The fourth-order valence-corrected chi connectivity index (χ4v) is 5.18. The predicted molar refractivity (Wildman–Crippen MR) is 118 cm³/mol. The molecule has 166 valence electrons. The van der Waals surface area contributed by atoms with Gasteiger partial charge in [-0.05, 0) is 58.7 Å². The molecule has 1 amide bonds. The van der Waals surface area contributed by atoms with Gasteiger partial charge >= 0.3 is 12.1 Å². The molecule has 2 fully saturated rings. The normalized spacial score (nSPS) is 23.0. The van der Waals surface area contributed by atoms with Gasteiger partial charge < -0.3 is 19.5 Å². The van der Waals surface area contributed by atoms with Gasteiger partial charge in [0.1, 0.15) is 22.5 Å². The second-order valence-corrected chi connectivity index (χ2v) is 10.5. The molecule has 0 radical (unpaired) electrons. The highest BCUT2D eigenvalue weighted by atomic mass is 32.1. The predicted octanol–water partition coefficient (Wildman–Crippen LogP) is 5.13. The maximum atomic E-state index is 12.7. The highest BCUT2D eigenvalue weighted by Gasteiger charge is 2.45. The lowest BCUT2D eigenvalue weighted by Crippen LogP contribution is -2.50. The summed E-state index contributed by atoms with van der Waals surface area (Å²) in [6, 6.07) is 5.22. The summed E-state index contributed by atoms with van der Waals surface area (Å²) < 4.78 is 11.9. The van der Waals surface area contributed by atoms with E-state index in [0.717, 1.165) is 28.3 Å². The van der Waals surface area contributed by atoms with Gasteiger partial charge in [0.15, 0.2) is 0 Å². The van der Waals surface area contributed by atoms with E-state index in [4.69, 9.17) is 9.47 Å². The number of nitrogens with zero attached hydrogens (tertiary/aromatic N) is 2. The highest BCUT2D eigenvalue weighted by Crippen LogP contribution is 2.39. The Kier molecular flexibility index (Phi) is 5.68. The molecule has 2 aliphatic heterocycles. The molecule has 2 aliphatic rings. The van der Waals surface area contributed by atoms with Gasteiger partial charge in [-0.25, -0.2) is 14.6 Å². The molecular weight excluding hydrogens is 416 g/mol. The smallest absolute Gasteiger partial charge is 0.410 e. The number of amides is 1. The molecule has 1 N–H and O–H groups in total. The van der Waals surface area contributed by atoms with Gasteiger partial charge in [-0.1, -0.05) is 0 Å². The summed E-state index contributed by atoms with van der Waals surface area (Å²) >= 11 is 1.52. The largest absolute Gasteiger partial charge is 0.490 e. The lowest BCUT2D eigenvalue weighted by Gasteiger charge is -2.39. The quantitative estimate of drug-likeness (QED) is 0.704. The summed E-state index contributed by atoms with van der Waals surface area (Å²) in [7, 11) is 0. The number of aromatic carboxylic acids is 1. The minimum atomic E-state index is -1.00. The Labute approximate surface area is 186 Å². The number of hydrogen-bond donors (Lipinski definition) is 1. The molecule has 1 aromatic carbocycles. The molecule has 7 nitrogen and oxygen atoms in total. The van der Waals surface area contributed by atoms with E-state index in [2.05, 4.69) is 4.98 Å². The van der Waals surface area contributed by atoms with Gasteiger partial charge in [0.2, 0.25) is 0 Å². The Morgan fingerprint density at radius 3 is 2.39 bits per heavy atom. The lowest BCUT2D eigenvalue weighted by atomic mass is 10.00. The van der Waals surface area contributed by atoms with Crippen molar-refractivity contribution >= 4 is 23.4 Å². The summed E-state index contributed by atoms with van der Waals surface area (Å²) in [6.07, 6.45) is 4.72. The third-order valence-corrected chi connectivity index (χ3v) is 6.58. The van der Waals surface area contributed by atoms with Crippen LogP contribution in [0, 0.1) is 6.92 Å². The summed E-state index contributed by atoms with van der Waals surface area (Å²) in [4.78, 5) is 31.6. The first-order chi connectivity index (χ1) is 14.6. The summed E-state index contributed by atoms with van der Waals surface area (Å²) in [5.74, 6) is -0.474. The van der Waals surface area contributed by atoms with E-state index in [-0.39, 0.29) is 29.8 Å². The molecule has 4 rings (SSSR count). The molecule has 2 aromatic rings. The van der Waals surface area contributed by atoms with Crippen LogP contribution in [0.15, 0.2) is 24.4 Å². The van der Waals surface area contributed by atoms with Gasteiger partial charge in [0.25, 0.3) is 0 Å². The van der Waals surface area contributed by atoms with Gasteiger partial charge in [-0.3, -0.25) is 0 Å². The Hall–Kier alpha value is -2.61. The fourth-order valence-electron chi connectivity index (χ4n) is 4.43. The Bertz CT molecular complexity index is 982. The van der Waals surface area contributed by atoms with Crippen LogP contribution in [0.4, 0.5) is 4.79 Å². The molecule has 3 atom stereocenters. The van der Waals surface area contributed by atoms with Crippen LogP contribution in [0.1, 0.15) is 61.7 Å². The number of carbonyl (C=O) groups excluding carboxylic acids is 1. The van der Waals surface area contributed by atoms with Crippen LogP contribution >= 0.6 is 11.3 Å². The van der Waals surface area contributed by atoms with Crippen molar-refractivity contribution in [3.63, 3.8) is 0 Å². The number of aryl methyl sites for hydroxylation is 1. The number of rotatable bonds is 4. The van der Waals surface area contributed by atoms with E-state index >= 15 is 0 Å². The zero-order valence-electron chi connectivity index (χ0n) is 18.3. The maximum Gasteiger partial charge on any atom is 0.410 e. The second-order valence-electron chi connectivity index (χ2n) is 9.31. The number of fused-ring (bicyclic) bond motifs is 2. The summed E-state index contributed by atoms with van der Waals surface area (Å²) in [5.41, 5.74) is 0.391. The molecule has 2 saturated heterocycles. The van der Waals surface area contributed by atoms with E-state index in [1.165, 1.54) is 11.3 Å². The third kappa shape index (κ3) is 4.84. The average Bonchev–Trinajstić information content (AvgIpc) is 3.21. The van der Waals surface area contributed by atoms with Crippen molar-refractivity contribution in [2.24, 2.45) is 0 Å². The van der Waals surface area contributed by atoms with Crippen LogP contribution < -0.4 is 4.74 Å². The molecule has 2 bridgehead atoms. The van der Waals surface area contributed by atoms with Crippen molar-refractivity contribution in [3.05, 3.63) is 34.8 Å². The Morgan fingerprint density at radius 1 is 1.16 bits per heavy atom. The average molecular weight is 445 g/mol. The second kappa shape index (κ2) is 8.15. The fraction of sp³-hybridized carbons (Fsp3) is 0.522. The van der Waals surface area contributed by atoms with Gasteiger partial charge in [0, 0.05) is 41.6 Å². The number of benzene rings is 1. The zero-order chi connectivity index (χ0) is 22.3. The summed E-state index contributed by atoms with van der Waals surface area (Å²) in [6.45, 7) is 7.59. The molecule has 0 saturated carbocycles. The van der Waals surface area contributed by atoms with Crippen molar-refractivity contribution in [2.45, 2.75) is 77.2 Å². The monoisotopic (exact) mass is 444 g/mol. The molecular formula is C23H28N2O5S. The third-order valence-electron chi connectivity index (χ3n) is 5.62. The first-order valence-electron chi connectivity index (χ1n) is 10.6. The molecule has 8 heteroatoms. The van der Waals surface area contributed by atoms with Crippen LogP contribution in [0.2, 0.25) is 0 Å². The zero-order valence-corrected chi connectivity index (χ0v) is 19.1. The van der Waals surface area contributed by atoms with Crippen LogP contribution in [0.3, 0.4) is 0 Å². The Balaban J connectivity index is 1.51. The van der Waals surface area contributed by atoms with Crippen molar-refractivity contribution in [1.29, 1.82) is 0 Å². The first kappa shape index (κ1) is 21.6.